The molecule has 1 aromatic heterocycles. The molecule has 2 fully saturated rings. The Morgan fingerprint density at radius 1 is 1.47 bits per heavy atom. The summed E-state index contributed by atoms with van der Waals surface area (Å²) in [5.74, 6) is 2.33. The molecule has 0 amide bonds. The highest BCUT2D eigenvalue weighted by atomic mass is 16.5. The van der Waals surface area contributed by atoms with Crippen molar-refractivity contribution in [2.75, 3.05) is 13.1 Å². The van der Waals surface area contributed by atoms with Crippen LogP contribution in [0.1, 0.15) is 50.2 Å². The molecule has 4 heteroatoms. The van der Waals surface area contributed by atoms with Gasteiger partial charge in [-0.15, -0.1) is 0 Å². The molecule has 15 heavy (non-hydrogen) atoms. The standard InChI is InChI=1S/C11H17N3O/c1-11(5-6-12-7-11)10-13-9(14-15-10)8-3-2-4-8/h8,12H,2-7H2,1H3. The van der Waals surface area contributed by atoms with Crippen LogP contribution >= 0.6 is 0 Å². The van der Waals surface area contributed by atoms with Gasteiger partial charge in [-0.25, -0.2) is 0 Å². The normalized spacial score (nSPS) is 31.8. The molecule has 1 saturated heterocycles. The minimum atomic E-state index is 0.0645. The molecule has 3 rings (SSSR count). The van der Waals surface area contributed by atoms with E-state index in [1.54, 1.807) is 0 Å². The summed E-state index contributed by atoms with van der Waals surface area (Å²) in [6.45, 7) is 4.21. The monoisotopic (exact) mass is 207 g/mol. The van der Waals surface area contributed by atoms with E-state index in [9.17, 15) is 0 Å². The van der Waals surface area contributed by atoms with Gasteiger partial charge in [0.1, 0.15) is 0 Å². The molecule has 1 atom stereocenters. The quantitative estimate of drug-likeness (QED) is 0.800. The Kier molecular flexibility index (Phi) is 2.06. The van der Waals surface area contributed by atoms with E-state index in [0.29, 0.717) is 5.92 Å². The third-order valence-electron chi connectivity index (χ3n) is 3.80. The Morgan fingerprint density at radius 2 is 2.33 bits per heavy atom. The van der Waals surface area contributed by atoms with Crippen molar-refractivity contribution >= 4 is 0 Å². The molecule has 0 radical (unpaired) electrons. The summed E-state index contributed by atoms with van der Waals surface area (Å²) in [5.41, 5.74) is 0.0645. The van der Waals surface area contributed by atoms with E-state index in [1.807, 2.05) is 0 Å². The van der Waals surface area contributed by atoms with Crippen LogP contribution in [0.2, 0.25) is 0 Å². The molecule has 2 heterocycles. The van der Waals surface area contributed by atoms with Crippen LogP contribution in [-0.2, 0) is 5.41 Å². The van der Waals surface area contributed by atoms with E-state index in [-0.39, 0.29) is 5.41 Å². The molecule has 1 aromatic rings. The smallest absolute Gasteiger partial charge is 0.233 e. The van der Waals surface area contributed by atoms with E-state index in [0.717, 1.165) is 31.2 Å². The fourth-order valence-electron chi connectivity index (χ4n) is 2.31. The number of hydrogen-bond acceptors (Lipinski definition) is 4. The third kappa shape index (κ3) is 1.47. The van der Waals surface area contributed by atoms with Gasteiger partial charge < -0.3 is 9.84 Å². The second kappa shape index (κ2) is 3.30. The van der Waals surface area contributed by atoms with Gasteiger partial charge in [0.25, 0.3) is 0 Å². The highest BCUT2D eigenvalue weighted by Gasteiger charge is 2.37. The number of aromatic nitrogens is 2. The van der Waals surface area contributed by atoms with Gasteiger partial charge >= 0.3 is 0 Å². The van der Waals surface area contributed by atoms with Crippen LogP contribution in [0.3, 0.4) is 0 Å². The van der Waals surface area contributed by atoms with Gasteiger partial charge in [-0.1, -0.05) is 11.6 Å². The Bertz CT molecular complexity index is 350. The van der Waals surface area contributed by atoms with Gasteiger partial charge in [0.2, 0.25) is 5.89 Å². The Labute approximate surface area is 89.4 Å². The van der Waals surface area contributed by atoms with E-state index in [2.05, 4.69) is 22.4 Å². The predicted octanol–water partition coefficient (Wildman–Crippen LogP) is 1.59. The Morgan fingerprint density at radius 3 is 2.93 bits per heavy atom. The van der Waals surface area contributed by atoms with Crippen LogP contribution < -0.4 is 5.32 Å². The van der Waals surface area contributed by atoms with Gasteiger partial charge in [0, 0.05) is 12.5 Å². The predicted molar refractivity (Wildman–Crippen MR) is 55.7 cm³/mol. The van der Waals surface area contributed by atoms with Gasteiger partial charge in [-0.05, 0) is 32.7 Å². The first-order chi connectivity index (χ1) is 7.28. The Hall–Kier alpha value is -0.900. The lowest BCUT2D eigenvalue weighted by molar-refractivity contribution is 0.299. The molecular formula is C11H17N3O. The van der Waals surface area contributed by atoms with Crippen LogP contribution in [0.5, 0.6) is 0 Å². The van der Waals surface area contributed by atoms with Crippen LogP contribution in [0, 0.1) is 0 Å². The minimum absolute atomic E-state index is 0.0645. The Balaban J connectivity index is 1.82. The number of nitrogens with one attached hydrogen (secondary N) is 1. The summed E-state index contributed by atoms with van der Waals surface area (Å²) in [6, 6.07) is 0. The maximum atomic E-state index is 5.41. The zero-order valence-electron chi connectivity index (χ0n) is 9.12. The van der Waals surface area contributed by atoms with Crippen LogP contribution in [0.4, 0.5) is 0 Å². The zero-order valence-corrected chi connectivity index (χ0v) is 9.12. The lowest BCUT2D eigenvalue weighted by atomic mass is 9.85. The minimum Gasteiger partial charge on any atom is -0.339 e. The molecule has 2 aliphatic rings. The fraction of sp³-hybridized carbons (Fsp3) is 0.818. The van der Waals surface area contributed by atoms with E-state index < -0.39 is 0 Å². The summed E-state index contributed by atoms with van der Waals surface area (Å²) >= 11 is 0. The van der Waals surface area contributed by atoms with Crippen molar-refractivity contribution in [1.82, 2.24) is 15.5 Å². The first-order valence-electron chi connectivity index (χ1n) is 5.83. The fourth-order valence-corrected chi connectivity index (χ4v) is 2.31. The molecule has 4 nitrogen and oxygen atoms in total. The molecule has 1 N–H and O–H groups in total. The molecule has 0 bridgehead atoms. The van der Waals surface area contributed by atoms with Crippen molar-refractivity contribution in [2.24, 2.45) is 0 Å². The second-order valence-electron chi connectivity index (χ2n) is 5.07. The van der Waals surface area contributed by atoms with E-state index in [1.165, 1.54) is 19.3 Å². The van der Waals surface area contributed by atoms with Crippen molar-refractivity contribution in [3.05, 3.63) is 11.7 Å². The van der Waals surface area contributed by atoms with Crippen LogP contribution in [0.25, 0.3) is 0 Å². The topological polar surface area (TPSA) is 51.0 Å². The van der Waals surface area contributed by atoms with Crippen molar-refractivity contribution in [3.63, 3.8) is 0 Å². The molecule has 1 saturated carbocycles. The summed E-state index contributed by atoms with van der Waals surface area (Å²) in [4.78, 5) is 4.57. The maximum Gasteiger partial charge on any atom is 0.233 e. The molecule has 82 valence electrons. The maximum absolute atomic E-state index is 5.41. The summed E-state index contributed by atoms with van der Waals surface area (Å²) < 4.78 is 5.41. The summed E-state index contributed by atoms with van der Waals surface area (Å²) in [7, 11) is 0. The molecule has 1 aliphatic heterocycles. The molecule has 0 spiro atoms. The summed E-state index contributed by atoms with van der Waals surface area (Å²) in [6.07, 6.45) is 4.87. The molecular weight excluding hydrogens is 190 g/mol. The van der Waals surface area contributed by atoms with Crippen molar-refractivity contribution in [2.45, 2.75) is 43.9 Å². The average Bonchev–Trinajstić information content (AvgIpc) is 2.71. The van der Waals surface area contributed by atoms with Crippen molar-refractivity contribution in [3.8, 4) is 0 Å². The second-order valence-corrected chi connectivity index (χ2v) is 5.07. The number of hydrogen-bond donors (Lipinski definition) is 1. The van der Waals surface area contributed by atoms with E-state index >= 15 is 0 Å². The van der Waals surface area contributed by atoms with Gasteiger partial charge in [-0.3, -0.25) is 0 Å². The SMILES string of the molecule is CC1(c2nc(C3CCC3)no2)CCNC1. The number of rotatable bonds is 2. The average molecular weight is 207 g/mol. The largest absolute Gasteiger partial charge is 0.339 e. The highest BCUT2D eigenvalue weighted by Crippen LogP contribution is 2.36. The number of nitrogens with zero attached hydrogens (tertiary/aromatic N) is 2. The van der Waals surface area contributed by atoms with Gasteiger partial charge in [-0.2, -0.15) is 4.98 Å². The van der Waals surface area contributed by atoms with E-state index in [4.69, 9.17) is 4.52 Å². The molecule has 0 aromatic carbocycles. The zero-order chi connectivity index (χ0) is 10.3. The molecule has 1 unspecified atom stereocenters. The molecule has 1 aliphatic carbocycles. The third-order valence-corrected chi connectivity index (χ3v) is 3.80. The lowest BCUT2D eigenvalue weighted by Crippen LogP contribution is -2.25. The van der Waals surface area contributed by atoms with Crippen LogP contribution in [-0.4, -0.2) is 23.2 Å². The van der Waals surface area contributed by atoms with Gasteiger partial charge in [0.15, 0.2) is 5.82 Å². The van der Waals surface area contributed by atoms with Crippen molar-refractivity contribution < 1.29 is 4.52 Å². The van der Waals surface area contributed by atoms with Crippen molar-refractivity contribution in [1.29, 1.82) is 0 Å². The summed E-state index contributed by atoms with van der Waals surface area (Å²) in [5, 5.41) is 7.46. The van der Waals surface area contributed by atoms with Crippen LogP contribution in [0.15, 0.2) is 4.52 Å². The first kappa shape index (κ1) is 9.33. The first-order valence-corrected chi connectivity index (χ1v) is 5.83. The lowest BCUT2D eigenvalue weighted by Gasteiger charge is -2.21. The van der Waals surface area contributed by atoms with Gasteiger partial charge in [0.05, 0.1) is 5.41 Å². The highest BCUT2D eigenvalue weighted by molar-refractivity contribution is 5.10.